The molecule has 208 valence electrons. The second kappa shape index (κ2) is 13.5. The van der Waals surface area contributed by atoms with E-state index in [1.807, 2.05) is 38.1 Å². The van der Waals surface area contributed by atoms with E-state index in [9.17, 15) is 18.0 Å². The summed E-state index contributed by atoms with van der Waals surface area (Å²) >= 11 is 6.34. The Labute approximate surface area is 235 Å². The average molecular weight is 572 g/mol. The maximum atomic E-state index is 13.9. The van der Waals surface area contributed by atoms with Crippen molar-refractivity contribution in [3.8, 4) is 5.75 Å². The quantitative estimate of drug-likeness (QED) is 0.337. The fourth-order valence-electron chi connectivity index (χ4n) is 4.04. The predicted octanol–water partition coefficient (Wildman–Crippen LogP) is 4.80. The highest BCUT2D eigenvalue weighted by molar-refractivity contribution is 7.92. The van der Waals surface area contributed by atoms with Crippen LogP contribution in [-0.2, 0) is 26.2 Å². The van der Waals surface area contributed by atoms with Crippen molar-refractivity contribution in [1.29, 1.82) is 0 Å². The zero-order valence-electron chi connectivity index (χ0n) is 22.6. The van der Waals surface area contributed by atoms with Gasteiger partial charge in [-0.05, 0) is 56.2 Å². The van der Waals surface area contributed by atoms with Gasteiger partial charge in [-0.1, -0.05) is 66.6 Å². The van der Waals surface area contributed by atoms with Crippen LogP contribution in [0.25, 0.3) is 0 Å². The van der Waals surface area contributed by atoms with E-state index >= 15 is 0 Å². The van der Waals surface area contributed by atoms with Crippen LogP contribution in [0.4, 0.5) is 5.69 Å². The minimum atomic E-state index is -4.17. The Hall–Kier alpha value is -3.56. The van der Waals surface area contributed by atoms with Crippen LogP contribution in [0.1, 0.15) is 31.4 Å². The zero-order chi connectivity index (χ0) is 28.6. The van der Waals surface area contributed by atoms with Crippen molar-refractivity contribution in [2.75, 3.05) is 24.5 Å². The van der Waals surface area contributed by atoms with Crippen molar-refractivity contribution in [2.45, 2.75) is 44.7 Å². The van der Waals surface area contributed by atoms with Crippen molar-refractivity contribution in [2.24, 2.45) is 0 Å². The molecular formula is C29H34ClN3O5S. The summed E-state index contributed by atoms with van der Waals surface area (Å²) < 4.78 is 33.8. The Morgan fingerprint density at radius 2 is 1.74 bits per heavy atom. The summed E-state index contributed by atoms with van der Waals surface area (Å²) in [5.41, 5.74) is 2.02. The average Bonchev–Trinajstić information content (AvgIpc) is 2.93. The number of anilines is 1. The van der Waals surface area contributed by atoms with Crippen LogP contribution in [0.3, 0.4) is 0 Å². The standard InChI is InChI=1S/C29H34ClN3O5S/c1-5-16-31-29(35)22(3)32(19-23-11-9-10-21(2)17-23)28(34)20-33(24-14-15-27(38-4)26(30)18-24)39(36,37)25-12-7-6-8-13-25/h6-15,17-18,22H,5,16,19-20H2,1-4H3,(H,31,35)/t22-/m1/s1. The molecule has 0 bridgehead atoms. The number of sulfonamides is 1. The third-order valence-corrected chi connectivity index (χ3v) is 8.27. The third-order valence-electron chi connectivity index (χ3n) is 6.19. The number of halogens is 1. The zero-order valence-corrected chi connectivity index (χ0v) is 24.1. The van der Waals surface area contributed by atoms with Crippen LogP contribution >= 0.6 is 11.6 Å². The van der Waals surface area contributed by atoms with Crippen LogP contribution < -0.4 is 14.4 Å². The van der Waals surface area contributed by atoms with Gasteiger partial charge in [0.25, 0.3) is 10.0 Å². The number of hydrogen-bond donors (Lipinski definition) is 1. The highest BCUT2D eigenvalue weighted by Gasteiger charge is 2.32. The molecule has 0 unspecified atom stereocenters. The first-order chi connectivity index (χ1) is 18.6. The fraction of sp³-hybridized carbons (Fsp3) is 0.310. The Balaban J connectivity index is 2.04. The van der Waals surface area contributed by atoms with E-state index in [0.717, 1.165) is 21.9 Å². The Morgan fingerprint density at radius 1 is 1.03 bits per heavy atom. The molecule has 0 radical (unpaired) electrons. The van der Waals surface area contributed by atoms with Gasteiger partial charge in [-0.2, -0.15) is 0 Å². The van der Waals surface area contributed by atoms with Crippen molar-refractivity contribution < 1.29 is 22.7 Å². The maximum Gasteiger partial charge on any atom is 0.264 e. The van der Waals surface area contributed by atoms with Gasteiger partial charge in [-0.3, -0.25) is 13.9 Å². The highest BCUT2D eigenvalue weighted by atomic mass is 35.5. The summed E-state index contributed by atoms with van der Waals surface area (Å²) in [6, 6.07) is 19.1. The van der Waals surface area contributed by atoms with E-state index < -0.39 is 28.5 Å². The van der Waals surface area contributed by atoms with Gasteiger partial charge in [0.2, 0.25) is 11.8 Å². The van der Waals surface area contributed by atoms with Gasteiger partial charge in [0.1, 0.15) is 18.3 Å². The summed E-state index contributed by atoms with van der Waals surface area (Å²) in [5, 5.41) is 3.02. The molecule has 0 aromatic heterocycles. The van der Waals surface area contributed by atoms with Crippen molar-refractivity contribution in [3.63, 3.8) is 0 Å². The number of hydrogen-bond acceptors (Lipinski definition) is 5. The second-order valence-electron chi connectivity index (χ2n) is 9.12. The Morgan fingerprint density at radius 3 is 2.36 bits per heavy atom. The van der Waals surface area contributed by atoms with Gasteiger partial charge < -0.3 is 15.0 Å². The smallest absolute Gasteiger partial charge is 0.264 e. The van der Waals surface area contributed by atoms with Crippen molar-refractivity contribution >= 4 is 39.1 Å². The van der Waals surface area contributed by atoms with E-state index in [-0.39, 0.29) is 28.1 Å². The van der Waals surface area contributed by atoms with Gasteiger partial charge in [0, 0.05) is 13.1 Å². The summed E-state index contributed by atoms with van der Waals surface area (Å²) in [6.07, 6.45) is 0.742. The molecule has 0 saturated carbocycles. The van der Waals surface area contributed by atoms with Crippen molar-refractivity contribution in [3.05, 3.63) is 88.9 Å². The molecule has 0 heterocycles. The van der Waals surface area contributed by atoms with Gasteiger partial charge in [-0.15, -0.1) is 0 Å². The minimum Gasteiger partial charge on any atom is -0.495 e. The molecule has 1 N–H and O–H groups in total. The van der Waals surface area contributed by atoms with Crippen LogP contribution in [-0.4, -0.2) is 51.4 Å². The molecule has 0 spiro atoms. The number of carbonyl (C=O) groups excluding carboxylic acids is 2. The van der Waals surface area contributed by atoms with Gasteiger partial charge in [0.15, 0.2) is 0 Å². The summed E-state index contributed by atoms with van der Waals surface area (Å²) in [4.78, 5) is 28.2. The van der Waals surface area contributed by atoms with E-state index in [2.05, 4.69) is 5.32 Å². The van der Waals surface area contributed by atoms with Gasteiger partial charge >= 0.3 is 0 Å². The first-order valence-corrected chi connectivity index (χ1v) is 14.4. The van der Waals surface area contributed by atoms with E-state index in [0.29, 0.717) is 12.3 Å². The normalized spacial score (nSPS) is 11.9. The second-order valence-corrected chi connectivity index (χ2v) is 11.4. The number of rotatable bonds is 12. The highest BCUT2D eigenvalue weighted by Crippen LogP contribution is 2.32. The lowest BCUT2D eigenvalue weighted by atomic mass is 10.1. The van der Waals surface area contributed by atoms with Crippen LogP contribution in [0.15, 0.2) is 77.7 Å². The molecule has 0 fully saturated rings. The molecule has 10 heteroatoms. The molecular weight excluding hydrogens is 538 g/mol. The van der Waals surface area contributed by atoms with Gasteiger partial charge in [-0.25, -0.2) is 8.42 Å². The minimum absolute atomic E-state index is 0.0173. The van der Waals surface area contributed by atoms with Gasteiger partial charge in [0.05, 0.1) is 22.7 Å². The van der Waals surface area contributed by atoms with Crippen LogP contribution in [0.2, 0.25) is 5.02 Å². The molecule has 0 aliphatic heterocycles. The van der Waals surface area contributed by atoms with Crippen LogP contribution in [0, 0.1) is 6.92 Å². The topological polar surface area (TPSA) is 96.0 Å². The Bertz CT molecular complexity index is 1400. The monoisotopic (exact) mass is 571 g/mol. The predicted molar refractivity (Wildman–Crippen MR) is 153 cm³/mol. The molecule has 2 amide bonds. The molecule has 3 aromatic carbocycles. The lowest BCUT2D eigenvalue weighted by Crippen LogP contribution is -2.51. The lowest BCUT2D eigenvalue weighted by Gasteiger charge is -2.32. The van der Waals surface area contributed by atoms with E-state index in [1.165, 1.54) is 36.3 Å². The molecule has 3 aromatic rings. The number of amides is 2. The molecule has 3 rings (SSSR count). The third kappa shape index (κ3) is 7.52. The SMILES string of the molecule is CCCNC(=O)[C@@H](C)N(Cc1cccc(C)c1)C(=O)CN(c1ccc(OC)c(Cl)c1)S(=O)(=O)c1ccccc1. The molecule has 0 aliphatic carbocycles. The first kappa shape index (κ1) is 30.0. The molecule has 0 saturated heterocycles. The number of methoxy groups -OCH3 is 1. The summed E-state index contributed by atoms with van der Waals surface area (Å²) in [6.45, 7) is 5.57. The molecule has 39 heavy (non-hydrogen) atoms. The summed E-state index contributed by atoms with van der Waals surface area (Å²) in [5.74, 6) is -0.490. The summed E-state index contributed by atoms with van der Waals surface area (Å²) in [7, 11) is -2.72. The number of nitrogens with zero attached hydrogens (tertiary/aromatic N) is 2. The molecule has 1 atom stereocenters. The number of nitrogens with one attached hydrogen (secondary N) is 1. The van der Waals surface area contributed by atoms with E-state index in [1.54, 1.807) is 31.2 Å². The fourth-order valence-corrected chi connectivity index (χ4v) is 5.72. The molecule has 8 nitrogen and oxygen atoms in total. The largest absolute Gasteiger partial charge is 0.495 e. The van der Waals surface area contributed by atoms with Crippen molar-refractivity contribution in [1.82, 2.24) is 10.2 Å². The van der Waals surface area contributed by atoms with Crippen LogP contribution in [0.5, 0.6) is 5.75 Å². The number of carbonyl (C=O) groups is 2. The number of aryl methyl sites for hydroxylation is 1. The number of benzene rings is 3. The molecule has 0 aliphatic rings. The van der Waals surface area contributed by atoms with E-state index in [4.69, 9.17) is 16.3 Å². The first-order valence-electron chi connectivity index (χ1n) is 12.6. The number of ether oxygens (including phenoxy) is 1. The lowest BCUT2D eigenvalue weighted by molar-refractivity contribution is -0.139. The Kier molecular flexibility index (Phi) is 10.4. The maximum absolute atomic E-state index is 13.9.